The molecule has 4 rings (SSSR count). The summed E-state index contributed by atoms with van der Waals surface area (Å²) in [5, 5.41) is 3.05. The largest absolute Gasteiger partial charge is 0.375 e. The highest BCUT2D eigenvalue weighted by atomic mass is 16.5. The van der Waals surface area contributed by atoms with Gasteiger partial charge in [0.15, 0.2) is 0 Å². The number of aromatic nitrogens is 1. The van der Waals surface area contributed by atoms with E-state index in [1.165, 1.54) is 0 Å². The molecule has 2 aromatic rings. The Bertz CT molecular complexity index is 883. The van der Waals surface area contributed by atoms with E-state index in [1.807, 2.05) is 35.2 Å². The Hall–Kier alpha value is -2.77. The Morgan fingerprint density at radius 2 is 1.88 bits per heavy atom. The standard InChI is InChI=1S/C25H31N3O4/c29-23(19-31-18-20-4-2-1-3-5-20)28-13-9-25(10-14-28)16-21(8-15-32-25)17-27-24(30)22-6-11-26-12-7-22/h1-7,11-12,21H,8-10,13-19H2,(H,27,30). The van der Waals surface area contributed by atoms with Crippen molar-refractivity contribution in [2.45, 2.75) is 37.9 Å². The van der Waals surface area contributed by atoms with Gasteiger partial charge in [0.05, 0.1) is 12.2 Å². The molecule has 1 N–H and O–H groups in total. The fourth-order valence-corrected chi connectivity index (χ4v) is 4.58. The number of likely N-dealkylation sites (tertiary alicyclic amines) is 1. The second-order valence-corrected chi connectivity index (χ2v) is 8.70. The van der Waals surface area contributed by atoms with Crippen molar-refractivity contribution in [3.05, 3.63) is 66.0 Å². The summed E-state index contributed by atoms with van der Waals surface area (Å²) in [4.78, 5) is 30.7. The third-order valence-electron chi connectivity index (χ3n) is 6.45. The molecule has 7 heteroatoms. The van der Waals surface area contributed by atoms with Crippen molar-refractivity contribution >= 4 is 11.8 Å². The van der Waals surface area contributed by atoms with E-state index >= 15 is 0 Å². The van der Waals surface area contributed by atoms with Crippen molar-refractivity contribution < 1.29 is 19.1 Å². The second-order valence-electron chi connectivity index (χ2n) is 8.70. The van der Waals surface area contributed by atoms with Gasteiger partial charge in [-0.2, -0.15) is 0 Å². The van der Waals surface area contributed by atoms with E-state index < -0.39 is 0 Å². The molecule has 1 atom stereocenters. The Labute approximate surface area is 189 Å². The summed E-state index contributed by atoms with van der Waals surface area (Å²) >= 11 is 0. The molecule has 3 heterocycles. The molecule has 2 saturated heterocycles. The number of ether oxygens (including phenoxy) is 2. The number of piperidine rings is 1. The number of nitrogens with zero attached hydrogens (tertiary/aromatic N) is 2. The van der Waals surface area contributed by atoms with Crippen LogP contribution in [0.25, 0.3) is 0 Å². The number of amides is 2. The average Bonchev–Trinajstić information content (AvgIpc) is 2.84. The van der Waals surface area contributed by atoms with E-state index in [-0.39, 0.29) is 24.0 Å². The molecule has 7 nitrogen and oxygen atoms in total. The smallest absolute Gasteiger partial charge is 0.251 e. The Kier molecular flexibility index (Phi) is 7.50. The fourth-order valence-electron chi connectivity index (χ4n) is 4.58. The number of carbonyl (C=O) groups is 2. The predicted octanol–water partition coefficient (Wildman–Crippen LogP) is 2.82. The number of benzene rings is 1. The summed E-state index contributed by atoms with van der Waals surface area (Å²) in [6.07, 6.45) is 6.75. The fraction of sp³-hybridized carbons (Fsp3) is 0.480. The molecule has 1 aromatic heterocycles. The summed E-state index contributed by atoms with van der Waals surface area (Å²) in [7, 11) is 0. The van der Waals surface area contributed by atoms with Crippen LogP contribution in [-0.2, 0) is 20.9 Å². The SMILES string of the molecule is O=C(NCC1CCOC2(CCN(C(=O)COCc3ccccc3)CC2)C1)c1ccncc1. The normalized spacial score (nSPS) is 20.1. The maximum absolute atomic E-state index is 12.5. The van der Waals surface area contributed by atoms with E-state index in [1.54, 1.807) is 24.5 Å². The molecule has 1 unspecified atom stereocenters. The minimum absolute atomic E-state index is 0.0350. The van der Waals surface area contributed by atoms with Crippen molar-refractivity contribution in [1.29, 1.82) is 0 Å². The first-order valence-electron chi connectivity index (χ1n) is 11.4. The molecule has 2 aliphatic heterocycles. The number of nitrogens with one attached hydrogen (secondary N) is 1. The van der Waals surface area contributed by atoms with Gasteiger partial charge in [-0.05, 0) is 49.3 Å². The van der Waals surface area contributed by atoms with Gasteiger partial charge < -0.3 is 19.7 Å². The first-order valence-corrected chi connectivity index (χ1v) is 11.4. The molecule has 2 amide bonds. The number of pyridine rings is 1. The van der Waals surface area contributed by atoms with Gasteiger partial charge in [0, 0.05) is 44.2 Å². The third-order valence-corrected chi connectivity index (χ3v) is 6.45. The highest BCUT2D eigenvalue weighted by Crippen LogP contribution is 2.37. The highest BCUT2D eigenvalue weighted by Gasteiger charge is 2.41. The zero-order valence-electron chi connectivity index (χ0n) is 18.4. The Balaban J connectivity index is 1.20. The van der Waals surface area contributed by atoms with E-state index in [9.17, 15) is 9.59 Å². The number of carbonyl (C=O) groups excluding carboxylic acids is 2. The maximum atomic E-state index is 12.5. The van der Waals surface area contributed by atoms with Crippen molar-refractivity contribution in [2.24, 2.45) is 5.92 Å². The van der Waals surface area contributed by atoms with Crippen LogP contribution in [0.2, 0.25) is 0 Å². The molecule has 0 radical (unpaired) electrons. The molecule has 0 aliphatic carbocycles. The molecule has 2 fully saturated rings. The van der Waals surface area contributed by atoms with E-state index in [4.69, 9.17) is 9.47 Å². The molecule has 32 heavy (non-hydrogen) atoms. The molecule has 0 bridgehead atoms. The molecule has 1 spiro atoms. The molecule has 170 valence electrons. The van der Waals surface area contributed by atoms with Crippen molar-refractivity contribution in [3.63, 3.8) is 0 Å². The van der Waals surface area contributed by atoms with E-state index in [2.05, 4.69) is 10.3 Å². The van der Waals surface area contributed by atoms with Gasteiger partial charge in [-0.1, -0.05) is 30.3 Å². The van der Waals surface area contributed by atoms with Crippen LogP contribution in [0.1, 0.15) is 41.6 Å². The molecule has 0 saturated carbocycles. The topological polar surface area (TPSA) is 80.8 Å². The van der Waals surface area contributed by atoms with Gasteiger partial charge in [0.2, 0.25) is 5.91 Å². The predicted molar refractivity (Wildman–Crippen MR) is 120 cm³/mol. The number of hydrogen-bond donors (Lipinski definition) is 1. The van der Waals surface area contributed by atoms with Gasteiger partial charge >= 0.3 is 0 Å². The first-order chi connectivity index (χ1) is 15.6. The van der Waals surface area contributed by atoms with Crippen molar-refractivity contribution in [3.8, 4) is 0 Å². The van der Waals surface area contributed by atoms with Crippen LogP contribution in [-0.4, -0.2) is 60.1 Å². The van der Waals surface area contributed by atoms with Gasteiger partial charge in [0.25, 0.3) is 5.91 Å². The van der Waals surface area contributed by atoms with Crippen LogP contribution >= 0.6 is 0 Å². The van der Waals surface area contributed by atoms with Gasteiger partial charge in [-0.3, -0.25) is 14.6 Å². The summed E-state index contributed by atoms with van der Waals surface area (Å²) in [5.41, 5.74) is 1.50. The minimum Gasteiger partial charge on any atom is -0.375 e. The van der Waals surface area contributed by atoms with Crippen LogP contribution < -0.4 is 5.32 Å². The maximum Gasteiger partial charge on any atom is 0.251 e. The molecule has 1 aromatic carbocycles. The minimum atomic E-state index is -0.189. The summed E-state index contributed by atoms with van der Waals surface area (Å²) in [6.45, 7) is 3.26. The number of hydrogen-bond acceptors (Lipinski definition) is 5. The van der Waals surface area contributed by atoms with Crippen LogP contribution in [0.15, 0.2) is 54.9 Å². The van der Waals surface area contributed by atoms with Gasteiger partial charge in [-0.25, -0.2) is 0 Å². The number of rotatable bonds is 7. The van der Waals surface area contributed by atoms with Crippen LogP contribution in [0.3, 0.4) is 0 Å². The highest BCUT2D eigenvalue weighted by molar-refractivity contribution is 5.93. The lowest BCUT2D eigenvalue weighted by molar-refractivity contribution is -0.150. The van der Waals surface area contributed by atoms with Gasteiger partial charge in [0.1, 0.15) is 6.61 Å². The zero-order chi connectivity index (χ0) is 22.2. The molecular weight excluding hydrogens is 406 g/mol. The van der Waals surface area contributed by atoms with Crippen LogP contribution in [0.5, 0.6) is 0 Å². The summed E-state index contributed by atoms with van der Waals surface area (Å²) < 4.78 is 11.8. The van der Waals surface area contributed by atoms with E-state index in [0.29, 0.717) is 44.3 Å². The summed E-state index contributed by atoms with van der Waals surface area (Å²) in [5.74, 6) is 0.350. The van der Waals surface area contributed by atoms with E-state index in [0.717, 1.165) is 31.2 Å². The quantitative estimate of drug-likeness (QED) is 0.721. The lowest BCUT2D eigenvalue weighted by Crippen LogP contribution is -2.52. The van der Waals surface area contributed by atoms with Crippen LogP contribution in [0, 0.1) is 5.92 Å². The average molecular weight is 438 g/mol. The third kappa shape index (κ3) is 5.93. The molecule has 2 aliphatic rings. The molecular formula is C25H31N3O4. The lowest BCUT2D eigenvalue weighted by Gasteiger charge is -2.46. The lowest BCUT2D eigenvalue weighted by atomic mass is 9.79. The summed E-state index contributed by atoms with van der Waals surface area (Å²) in [6, 6.07) is 13.3. The van der Waals surface area contributed by atoms with Crippen molar-refractivity contribution in [1.82, 2.24) is 15.2 Å². The Morgan fingerprint density at radius 3 is 2.62 bits per heavy atom. The first kappa shape index (κ1) is 22.4. The Morgan fingerprint density at radius 1 is 1.12 bits per heavy atom. The van der Waals surface area contributed by atoms with Crippen molar-refractivity contribution in [2.75, 3.05) is 32.8 Å². The monoisotopic (exact) mass is 437 g/mol. The van der Waals surface area contributed by atoms with Crippen LogP contribution in [0.4, 0.5) is 0 Å². The zero-order valence-corrected chi connectivity index (χ0v) is 18.4. The second kappa shape index (κ2) is 10.7. The van der Waals surface area contributed by atoms with Gasteiger partial charge in [-0.15, -0.1) is 0 Å².